The maximum atomic E-state index is 2.51. The Morgan fingerprint density at radius 3 is 1.17 bits per heavy atom. The molecule has 71 heavy (non-hydrogen) atoms. The lowest BCUT2D eigenvalue weighted by Gasteiger charge is -2.42. The second-order valence-electron chi connectivity index (χ2n) is 21.7. The quantitative estimate of drug-likeness (QED) is 0.162. The Hall–Kier alpha value is -8.20. The van der Waals surface area contributed by atoms with Crippen LogP contribution in [-0.4, -0.2) is 0 Å². The molecule has 11 aromatic carbocycles. The van der Waals surface area contributed by atoms with Gasteiger partial charge in [-0.05, 0) is 160 Å². The van der Waals surface area contributed by atoms with Crippen molar-refractivity contribution < 1.29 is 0 Å². The first-order valence-corrected chi connectivity index (χ1v) is 25.3. The van der Waals surface area contributed by atoms with E-state index >= 15 is 0 Å². The molecule has 2 heterocycles. The van der Waals surface area contributed by atoms with Crippen molar-refractivity contribution >= 4 is 66.4 Å². The summed E-state index contributed by atoms with van der Waals surface area (Å²) in [5, 5.41) is 7.38. The number of fused-ring (bicyclic) bond motifs is 10. The van der Waals surface area contributed by atoms with Crippen LogP contribution in [0.3, 0.4) is 0 Å². The molecule has 0 amide bonds. The monoisotopic (exact) mass is 910 g/mol. The highest BCUT2D eigenvalue weighted by atomic mass is 15.2. The van der Waals surface area contributed by atoms with Crippen molar-refractivity contribution in [1.29, 1.82) is 0 Å². The van der Waals surface area contributed by atoms with Crippen molar-refractivity contribution in [1.82, 2.24) is 0 Å². The Kier molecular flexibility index (Phi) is 8.76. The molecule has 1 aliphatic carbocycles. The Morgan fingerprint density at radius 2 is 0.648 bits per heavy atom. The Bertz CT molecular complexity index is 3790. The normalized spacial score (nSPS) is 15.5. The van der Waals surface area contributed by atoms with Gasteiger partial charge < -0.3 is 9.80 Å². The average Bonchev–Trinajstić information content (AvgIpc) is 3.63. The summed E-state index contributed by atoms with van der Waals surface area (Å²) >= 11 is 0. The van der Waals surface area contributed by atoms with Gasteiger partial charge in [0.1, 0.15) is 0 Å². The number of hydrogen-bond acceptors (Lipinski definition) is 2. The summed E-state index contributed by atoms with van der Waals surface area (Å²) in [5.74, 6) is 0. The van der Waals surface area contributed by atoms with Gasteiger partial charge in [-0.1, -0.05) is 199 Å². The zero-order valence-electron chi connectivity index (χ0n) is 41.2. The van der Waals surface area contributed by atoms with Crippen molar-refractivity contribution in [3.63, 3.8) is 0 Å². The molecule has 340 valence electrons. The van der Waals surface area contributed by atoms with Gasteiger partial charge in [0.25, 0.3) is 0 Å². The Balaban J connectivity index is 1.11. The second kappa shape index (κ2) is 14.9. The number of hydrogen-bond donors (Lipinski definition) is 0. The molecule has 0 saturated heterocycles. The fourth-order valence-electron chi connectivity index (χ4n) is 13.2. The third-order valence-electron chi connectivity index (χ3n) is 16.8. The van der Waals surface area contributed by atoms with E-state index in [1.165, 1.54) is 122 Å². The van der Waals surface area contributed by atoms with Crippen LogP contribution in [-0.2, 0) is 16.2 Å². The predicted molar refractivity (Wildman–Crippen MR) is 301 cm³/mol. The van der Waals surface area contributed by atoms with Gasteiger partial charge in [0, 0.05) is 27.6 Å². The van der Waals surface area contributed by atoms with E-state index in [1.54, 1.807) is 0 Å². The lowest BCUT2D eigenvalue weighted by Crippen LogP contribution is -2.30. The summed E-state index contributed by atoms with van der Waals surface area (Å²) in [5.41, 5.74) is 22.3. The van der Waals surface area contributed by atoms with E-state index in [1.807, 2.05) is 0 Å². The number of anilines is 6. The predicted octanol–water partition coefficient (Wildman–Crippen LogP) is 19.0. The summed E-state index contributed by atoms with van der Waals surface area (Å²) in [6, 6.07) is 82.8. The molecule has 0 radical (unpaired) electrons. The smallest absolute Gasteiger partial charge is 0.0502 e. The number of rotatable bonds is 4. The van der Waals surface area contributed by atoms with Gasteiger partial charge in [-0.2, -0.15) is 0 Å². The highest BCUT2D eigenvalue weighted by molar-refractivity contribution is 6.23. The molecule has 0 atom stereocenters. The lowest BCUT2D eigenvalue weighted by atomic mass is 9.73. The molecule has 0 fully saturated rings. The fourth-order valence-corrected chi connectivity index (χ4v) is 13.2. The minimum Gasteiger partial charge on any atom is -0.310 e. The standard InChI is InChI=1S/C69H54N2/c1-67(2)55-22-10-9-21-49(55)50-36-33-46(40-60(50)67)65-51-37-34-47(70-61-27-15-11-23-56(61)68(3,4)57-24-12-16-28-62(57)70)41-53(51)66(45-32-31-43-19-7-8-20-44(43)39-45)54-42-48(35-38-52(54)65)71-63-29-17-13-25-58(63)69(5,6)59-26-14-18-30-64(59)71/h7-42H,1-6H3. The van der Waals surface area contributed by atoms with Crippen molar-refractivity contribution in [2.75, 3.05) is 9.80 Å². The largest absolute Gasteiger partial charge is 0.310 e. The first kappa shape index (κ1) is 41.7. The molecular weight excluding hydrogens is 857 g/mol. The maximum Gasteiger partial charge on any atom is 0.0502 e. The molecular formula is C69H54N2. The van der Waals surface area contributed by atoms with Crippen molar-refractivity contribution in [3.05, 3.63) is 252 Å². The van der Waals surface area contributed by atoms with E-state index in [2.05, 4.69) is 270 Å². The topological polar surface area (TPSA) is 6.48 Å². The summed E-state index contributed by atoms with van der Waals surface area (Å²) in [6.45, 7) is 14.3. The van der Waals surface area contributed by atoms with Crippen molar-refractivity contribution in [3.8, 4) is 33.4 Å². The van der Waals surface area contributed by atoms with Crippen LogP contribution in [0.2, 0.25) is 0 Å². The minimum atomic E-state index is -0.168. The van der Waals surface area contributed by atoms with E-state index in [-0.39, 0.29) is 16.2 Å². The third kappa shape index (κ3) is 5.88. The highest BCUT2D eigenvalue weighted by Crippen LogP contribution is 2.57. The second-order valence-corrected chi connectivity index (χ2v) is 21.7. The molecule has 0 bridgehead atoms. The summed E-state index contributed by atoms with van der Waals surface area (Å²) in [7, 11) is 0. The maximum absolute atomic E-state index is 2.51. The third-order valence-corrected chi connectivity index (χ3v) is 16.8. The van der Waals surface area contributed by atoms with Gasteiger partial charge in [-0.3, -0.25) is 0 Å². The van der Waals surface area contributed by atoms with E-state index in [0.29, 0.717) is 0 Å². The number of nitrogens with zero attached hydrogens (tertiary/aromatic N) is 2. The van der Waals surface area contributed by atoms with Gasteiger partial charge in [0.05, 0.1) is 22.7 Å². The number of para-hydroxylation sites is 4. The van der Waals surface area contributed by atoms with Crippen molar-refractivity contribution in [2.45, 2.75) is 57.8 Å². The van der Waals surface area contributed by atoms with E-state index in [4.69, 9.17) is 0 Å². The van der Waals surface area contributed by atoms with Gasteiger partial charge in [0.2, 0.25) is 0 Å². The molecule has 0 spiro atoms. The van der Waals surface area contributed by atoms with Crippen LogP contribution in [0.1, 0.15) is 74.9 Å². The molecule has 0 N–H and O–H groups in total. The Morgan fingerprint density at radius 1 is 0.268 bits per heavy atom. The van der Waals surface area contributed by atoms with Crippen LogP contribution in [0.15, 0.2) is 218 Å². The number of benzene rings is 11. The Labute approximate surface area is 417 Å². The molecule has 14 rings (SSSR count). The average molecular weight is 911 g/mol. The van der Waals surface area contributed by atoms with E-state index < -0.39 is 0 Å². The molecule has 0 unspecified atom stereocenters. The molecule has 2 heteroatoms. The van der Waals surface area contributed by atoms with E-state index in [9.17, 15) is 0 Å². The SMILES string of the molecule is CC1(C)c2ccccc2-c2ccc(-c3c4ccc(N5c6ccccc6C(C)(C)c6ccccc65)cc4c(-c4ccc5ccccc5c4)c4cc(N5c6ccccc6C(C)(C)c6ccccc65)ccc34)cc21. The molecule has 11 aromatic rings. The lowest BCUT2D eigenvalue weighted by molar-refractivity contribution is 0.632. The molecule has 0 saturated carbocycles. The molecule has 3 aliphatic rings. The molecule has 2 aliphatic heterocycles. The van der Waals surface area contributed by atoms with Crippen molar-refractivity contribution in [2.24, 2.45) is 0 Å². The van der Waals surface area contributed by atoms with Gasteiger partial charge in [-0.25, -0.2) is 0 Å². The summed E-state index contributed by atoms with van der Waals surface area (Å²) in [4.78, 5) is 5.02. The van der Waals surface area contributed by atoms with Crippen LogP contribution < -0.4 is 9.80 Å². The van der Waals surface area contributed by atoms with Crippen LogP contribution in [0.5, 0.6) is 0 Å². The minimum absolute atomic E-state index is 0.148. The van der Waals surface area contributed by atoms with Gasteiger partial charge >= 0.3 is 0 Å². The zero-order chi connectivity index (χ0) is 48.0. The van der Waals surface area contributed by atoms with E-state index in [0.717, 1.165) is 11.4 Å². The van der Waals surface area contributed by atoms with Crippen LogP contribution in [0.25, 0.3) is 65.7 Å². The zero-order valence-corrected chi connectivity index (χ0v) is 41.2. The first-order chi connectivity index (χ1) is 34.5. The van der Waals surface area contributed by atoms with Crippen LogP contribution in [0.4, 0.5) is 34.1 Å². The molecule has 0 aromatic heterocycles. The first-order valence-electron chi connectivity index (χ1n) is 25.3. The summed E-state index contributed by atoms with van der Waals surface area (Å²) in [6.07, 6.45) is 0. The fraction of sp³-hybridized carbons (Fsp3) is 0.130. The molecule has 2 nitrogen and oxygen atoms in total. The van der Waals surface area contributed by atoms with Crippen LogP contribution >= 0.6 is 0 Å². The van der Waals surface area contributed by atoms with Crippen LogP contribution in [0, 0.1) is 0 Å². The van der Waals surface area contributed by atoms with Gasteiger partial charge in [-0.15, -0.1) is 0 Å². The van der Waals surface area contributed by atoms with Gasteiger partial charge in [0.15, 0.2) is 0 Å². The highest BCUT2D eigenvalue weighted by Gasteiger charge is 2.39. The summed E-state index contributed by atoms with van der Waals surface area (Å²) < 4.78 is 0.